The van der Waals surface area contributed by atoms with Gasteiger partial charge in [-0.3, -0.25) is 4.57 Å². The van der Waals surface area contributed by atoms with E-state index in [4.69, 9.17) is 0 Å². The summed E-state index contributed by atoms with van der Waals surface area (Å²) >= 11 is 0. The first-order valence-corrected chi connectivity index (χ1v) is 2.18. The van der Waals surface area contributed by atoms with Crippen LogP contribution in [0, 0.1) is 11.9 Å². The van der Waals surface area contributed by atoms with Crippen LogP contribution < -0.4 is 0 Å². The van der Waals surface area contributed by atoms with Crippen LogP contribution in [0.25, 0.3) is 0 Å². The monoisotopic (exact) mass is 117 g/mol. The van der Waals surface area contributed by atoms with E-state index in [9.17, 15) is 8.78 Å². The lowest BCUT2D eigenvalue weighted by molar-refractivity contribution is 0.459. The minimum atomic E-state index is -0.553. The fraction of sp³-hybridized carbons (Fsp3) is 0.200. The van der Waals surface area contributed by atoms with Crippen molar-refractivity contribution in [1.29, 1.82) is 0 Å². The van der Waals surface area contributed by atoms with Crippen LogP contribution in [0.4, 0.5) is 8.78 Å². The zero-order valence-electron chi connectivity index (χ0n) is 4.36. The van der Waals surface area contributed by atoms with Crippen molar-refractivity contribution in [2.45, 2.75) is 0 Å². The number of hydrogen-bond acceptors (Lipinski definition) is 0. The maximum absolute atomic E-state index is 12.1. The predicted molar refractivity (Wildman–Crippen MR) is 25.3 cm³/mol. The Morgan fingerprint density at radius 3 is 1.75 bits per heavy atom. The first kappa shape index (κ1) is 5.28. The first-order chi connectivity index (χ1) is 3.72. The molecule has 3 heteroatoms. The van der Waals surface area contributed by atoms with Crippen LogP contribution in [0.3, 0.4) is 0 Å². The molecule has 1 heterocycles. The van der Waals surface area contributed by atoms with Gasteiger partial charge in [-0.25, -0.2) is 0 Å². The van der Waals surface area contributed by atoms with Crippen LogP contribution >= 0.6 is 0 Å². The van der Waals surface area contributed by atoms with Crippen molar-refractivity contribution in [2.24, 2.45) is 7.05 Å². The van der Waals surface area contributed by atoms with Gasteiger partial charge in [0.05, 0.1) is 0 Å². The Kier molecular flexibility index (Phi) is 1.04. The summed E-state index contributed by atoms with van der Waals surface area (Å²) in [6.07, 6.45) is 0. The molecule has 0 aromatic carbocycles. The Hall–Kier alpha value is -0.860. The molecule has 0 saturated carbocycles. The van der Waals surface area contributed by atoms with E-state index in [1.165, 1.54) is 7.05 Å². The summed E-state index contributed by atoms with van der Waals surface area (Å²) in [7, 11) is 1.32. The van der Waals surface area contributed by atoms with Crippen molar-refractivity contribution in [2.75, 3.05) is 0 Å². The van der Waals surface area contributed by atoms with Crippen LogP contribution in [0.5, 0.6) is 0 Å². The Balaban J connectivity index is 3.19. The van der Waals surface area contributed by atoms with E-state index < -0.39 is 11.9 Å². The molecule has 44 valence electrons. The van der Waals surface area contributed by atoms with E-state index in [-0.39, 0.29) is 0 Å². The maximum Gasteiger partial charge on any atom is 0.195 e. The lowest BCUT2D eigenvalue weighted by atomic mass is 10.7. The number of aromatic nitrogens is 1. The number of hydrogen-bond donors (Lipinski definition) is 0. The van der Waals surface area contributed by atoms with E-state index >= 15 is 0 Å². The zero-order valence-corrected chi connectivity index (χ0v) is 4.36. The molecule has 0 aliphatic rings. The van der Waals surface area contributed by atoms with E-state index in [0.717, 1.165) is 16.7 Å². The second kappa shape index (κ2) is 1.58. The van der Waals surface area contributed by atoms with Crippen LogP contribution in [0.1, 0.15) is 0 Å². The molecule has 0 N–H and O–H groups in total. The highest BCUT2D eigenvalue weighted by atomic mass is 19.1. The molecule has 0 radical (unpaired) electrons. The fourth-order valence-corrected chi connectivity index (χ4v) is 0.463. The van der Waals surface area contributed by atoms with Gasteiger partial charge in [-0.05, 0) is 12.1 Å². The highest BCUT2D eigenvalue weighted by molar-refractivity contribution is 4.95. The highest BCUT2D eigenvalue weighted by Gasteiger charge is 1.98. The van der Waals surface area contributed by atoms with Gasteiger partial charge in [0.15, 0.2) is 11.9 Å². The van der Waals surface area contributed by atoms with E-state index in [1.54, 1.807) is 0 Å². The Labute approximate surface area is 45.5 Å². The minimum Gasteiger partial charge on any atom is -0.298 e. The minimum absolute atomic E-state index is 0.553. The summed E-state index contributed by atoms with van der Waals surface area (Å²) in [5.74, 6) is -1.11. The molecule has 1 nitrogen and oxygen atoms in total. The molecule has 0 spiro atoms. The summed E-state index contributed by atoms with van der Waals surface area (Å²) in [6, 6.07) is 2.16. The summed E-state index contributed by atoms with van der Waals surface area (Å²) < 4.78 is 25.0. The Bertz CT molecular complexity index is 173. The van der Waals surface area contributed by atoms with Gasteiger partial charge >= 0.3 is 0 Å². The van der Waals surface area contributed by atoms with Crippen LogP contribution in [0.2, 0.25) is 0 Å². The van der Waals surface area contributed by atoms with Crippen LogP contribution in [0.15, 0.2) is 12.1 Å². The fourth-order valence-electron chi connectivity index (χ4n) is 0.463. The average Bonchev–Trinajstić information content (AvgIpc) is 1.98. The molecule has 1 rings (SSSR count). The Morgan fingerprint density at radius 1 is 1.25 bits per heavy atom. The van der Waals surface area contributed by atoms with Crippen molar-refractivity contribution in [3.8, 4) is 0 Å². The van der Waals surface area contributed by atoms with Crippen molar-refractivity contribution in [3.05, 3.63) is 24.0 Å². The molecular weight excluding hydrogens is 112 g/mol. The smallest absolute Gasteiger partial charge is 0.195 e. The topological polar surface area (TPSA) is 4.93 Å². The van der Waals surface area contributed by atoms with Gasteiger partial charge in [0.2, 0.25) is 0 Å². The van der Waals surface area contributed by atoms with Crippen LogP contribution in [-0.2, 0) is 7.05 Å². The SMILES string of the molecule is Cn1c(F)ccc1F. The first-order valence-electron chi connectivity index (χ1n) is 2.18. The van der Waals surface area contributed by atoms with Gasteiger partial charge in [-0.2, -0.15) is 8.78 Å². The lowest BCUT2D eigenvalue weighted by Crippen LogP contribution is -1.93. The summed E-state index contributed by atoms with van der Waals surface area (Å²) in [5.41, 5.74) is 0. The third kappa shape index (κ3) is 0.598. The van der Waals surface area contributed by atoms with Gasteiger partial charge in [-0.15, -0.1) is 0 Å². The third-order valence-electron chi connectivity index (χ3n) is 0.999. The number of nitrogens with zero attached hydrogens (tertiary/aromatic N) is 1. The van der Waals surface area contributed by atoms with Gasteiger partial charge in [0.1, 0.15) is 0 Å². The number of rotatable bonds is 0. The molecule has 0 bridgehead atoms. The molecule has 1 aromatic heterocycles. The molecule has 0 fully saturated rings. The summed E-state index contributed by atoms with van der Waals surface area (Å²) in [4.78, 5) is 0. The molecule has 0 aliphatic heterocycles. The molecular formula is C5H5F2N. The van der Waals surface area contributed by atoms with Crippen molar-refractivity contribution in [1.82, 2.24) is 4.57 Å². The molecule has 0 unspecified atom stereocenters. The standard InChI is InChI=1S/C5H5F2N/c1-8-4(6)2-3-5(8)7/h2-3H,1H3. The molecule has 1 aromatic rings. The predicted octanol–water partition coefficient (Wildman–Crippen LogP) is 1.30. The average molecular weight is 117 g/mol. The van der Waals surface area contributed by atoms with Gasteiger partial charge in [0, 0.05) is 7.05 Å². The highest BCUT2D eigenvalue weighted by Crippen LogP contribution is 2.00. The van der Waals surface area contributed by atoms with Crippen molar-refractivity contribution >= 4 is 0 Å². The van der Waals surface area contributed by atoms with Crippen molar-refractivity contribution in [3.63, 3.8) is 0 Å². The summed E-state index contributed by atoms with van der Waals surface area (Å²) in [6.45, 7) is 0. The van der Waals surface area contributed by atoms with Crippen LogP contribution in [-0.4, -0.2) is 4.57 Å². The summed E-state index contributed by atoms with van der Waals surface area (Å²) in [5, 5.41) is 0. The van der Waals surface area contributed by atoms with Crippen molar-refractivity contribution < 1.29 is 8.78 Å². The maximum atomic E-state index is 12.1. The molecule has 0 aliphatic carbocycles. The molecule has 8 heavy (non-hydrogen) atoms. The normalized spacial score (nSPS) is 9.88. The second-order valence-electron chi connectivity index (χ2n) is 1.54. The van der Waals surface area contributed by atoms with E-state index in [2.05, 4.69) is 0 Å². The zero-order chi connectivity index (χ0) is 6.15. The van der Waals surface area contributed by atoms with E-state index in [0.29, 0.717) is 0 Å². The van der Waals surface area contributed by atoms with Gasteiger partial charge in [-0.1, -0.05) is 0 Å². The largest absolute Gasteiger partial charge is 0.298 e. The number of halogens is 2. The van der Waals surface area contributed by atoms with Gasteiger partial charge in [0.25, 0.3) is 0 Å². The second-order valence-corrected chi connectivity index (χ2v) is 1.54. The quantitative estimate of drug-likeness (QED) is 0.482. The molecule has 0 saturated heterocycles. The lowest BCUT2D eigenvalue weighted by Gasteiger charge is -1.89. The molecule has 0 atom stereocenters. The molecule has 0 amide bonds. The van der Waals surface area contributed by atoms with E-state index in [1.807, 2.05) is 0 Å². The van der Waals surface area contributed by atoms with Gasteiger partial charge < -0.3 is 0 Å². The third-order valence-corrected chi connectivity index (χ3v) is 0.999. The Morgan fingerprint density at radius 2 is 1.62 bits per heavy atom.